The molecular weight excluding hydrogens is 142 g/mol. The van der Waals surface area contributed by atoms with E-state index in [4.69, 9.17) is 9.68 Å². The number of hydrogen-bond acceptors (Lipinski definition) is 3. The molecule has 0 atom stereocenters. The lowest BCUT2D eigenvalue weighted by molar-refractivity contribution is -0.204. The van der Waals surface area contributed by atoms with Gasteiger partial charge in [-0.25, -0.2) is 0 Å². The van der Waals surface area contributed by atoms with Gasteiger partial charge in [0.25, 0.3) is 0 Å². The molecule has 11 heavy (non-hydrogen) atoms. The molecule has 1 aliphatic heterocycles. The number of fused-ring (bicyclic) bond motifs is 1. The third kappa shape index (κ3) is 1.03. The molecule has 3 nitrogen and oxygen atoms in total. The lowest BCUT2D eigenvalue weighted by Gasteiger charge is -2.02. The van der Waals surface area contributed by atoms with Crippen molar-refractivity contribution in [3.63, 3.8) is 0 Å². The average molecular weight is 151 g/mol. The Labute approximate surface area is 65.1 Å². The summed E-state index contributed by atoms with van der Waals surface area (Å²) in [5.74, 6) is 1.56. The number of hydroxylamine groups is 2. The molecule has 1 aromatic rings. The molecule has 0 amide bonds. The molecule has 0 aromatic heterocycles. The van der Waals surface area contributed by atoms with Crippen LogP contribution in [0.1, 0.15) is 5.56 Å². The molecule has 0 fully saturated rings. The SMILES string of the molecule is Cc1ccc2c(c1)ON(C)O2. The Morgan fingerprint density at radius 2 is 1.91 bits per heavy atom. The first-order chi connectivity index (χ1) is 5.25. The van der Waals surface area contributed by atoms with Gasteiger partial charge in [-0.3, -0.25) is 0 Å². The molecule has 0 bridgehead atoms. The Kier molecular flexibility index (Phi) is 1.26. The summed E-state index contributed by atoms with van der Waals surface area (Å²) in [5, 5.41) is 1.34. The van der Waals surface area contributed by atoms with E-state index < -0.39 is 0 Å². The third-order valence-electron chi connectivity index (χ3n) is 1.55. The second kappa shape index (κ2) is 2.13. The standard InChI is InChI=1S/C8H9NO2/c1-6-3-4-7-8(5-6)11-9(2)10-7/h3-5H,1-2H3. The molecule has 0 saturated carbocycles. The first-order valence-corrected chi connectivity index (χ1v) is 3.46. The van der Waals surface area contributed by atoms with Crippen LogP contribution in [0.25, 0.3) is 0 Å². The van der Waals surface area contributed by atoms with Gasteiger partial charge in [0, 0.05) is 5.23 Å². The summed E-state index contributed by atoms with van der Waals surface area (Å²) in [7, 11) is 1.72. The monoisotopic (exact) mass is 151 g/mol. The summed E-state index contributed by atoms with van der Waals surface area (Å²) >= 11 is 0. The van der Waals surface area contributed by atoms with Crippen molar-refractivity contribution in [3.05, 3.63) is 23.8 Å². The van der Waals surface area contributed by atoms with Gasteiger partial charge in [-0.2, -0.15) is 0 Å². The van der Waals surface area contributed by atoms with Crippen molar-refractivity contribution in [2.24, 2.45) is 0 Å². The fourth-order valence-electron chi connectivity index (χ4n) is 1.06. The number of hydrogen-bond donors (Lipinski definition) is 0. The summed E-state index contributed by atoms with van der Waals surface area (Å²) in [6.07, 6.45) is 0. The van der Waals surface area contributed by atoms with Crippen molar-refractivity contribution in [3.8, 4) is 11.5 Å². The highest BCUT2D eigenvalue weighted by atomic mass is 17.0. The van der Waals surface area contributed by atoms with Gasteiger partial charge in [-0.05, 0) is 24.6 Å². The maximum Gasteiger partial charge on any atom is 0.196 e. The zero-order valence-electron chi connectivity index (χ0n) is 6.50. The van der Waals surface area contributed by atoms with Gasteiger partial charge in [-0.1, -0.05) is 6.07 Å². The molecule has 0 aliphatic carbocycles. The maximum atomic E-state index is 5.20. The zero-order chi connectivity index (χ0) is 7.84. The summed E-state index contributed by atoms with van der Waals surface area (Å²) in [6.45, 7) is 2.02. The van der Waals surface area contributed by atoms with Crippen LogP contribution >= 0.6 is 0 Å². The molecule has 1 heterocycles. The van der Waals surface area contributed by atoms with Gasteiger partial charge in [0.15, 0.2) is 11.5 Å². The van der Waals surface area contributed by atoms with E-state index in [9.17, 15) is 0 Å². The van der Waals surface area contributed by atoms with Crippen molar-refractivity contribution in [1.29, 1.82) is 0 Å². The molecule has 0 saturated heterocycles. The first-order valence-electron chi connectivity index (χ1n) is 3.46. The van der Waals surface area contributed by atoms with Crippen molar-refractivity contribution in [2.45, 2.75) is 6.92 Å². The Morgan fingerprint density at radius 3 is 2.73 bits per heavy atom. The second-order valence-corrected chi connectivity index (χ2v) is 2.57. The van der Waals surface area contributed by atoms with Gasteiger partial charge in [0.2, 0.25) is 0 Å². The zero-order valence-corrected chi connectivity index (χ0v) is 6.50. The predicted molar refractivity (Wildman–Crippen MR) is 40.2 cm³/mol. The van der Waals surface area contributed by atoms with E-state index in [-0.39, 0.29) is 0 Å². The molecule has 58 valence electrons. The Bertz CT molecular complexity index is 285. The molecule has 2 rings (SSSR count). The number of nitrogens with zero attached hydrogens (tertiary/aromatic N) is 1. The lowest BCUT2D eigenvalue weighted by Crippen LogP contribution is -2.19. The Balaban J connectivity index is 2.43. The van der Waals surface area contributed by atoms with Crippen molar-refractivity contribution in [2.75, 3.05) is 7.05 Å². The van der Waals surface area contributed by atoms with Crippen molar-refractivity contribution >= 4 is 0 Å². The smallest absolute Gasteiger partial charge is 0.196 e. The molecular formula is C8H9NO2. The number of aryl methyl sites for hydroxylation is 1. The highest BCUT2D eigenvalue weighted by Crippen LogP contribution is 2.33. The van der Waals surface area contributed by atoms with E-state index in [1.165, 1.54) is 10.8 Å². The summed E-state index contributed by atoms with van der Waals surface area (Å²) in [4.78, 5) is 10.4. The van der Waals surface area contributed by atoms with Crippen molar-refractivity contribution < 1.29 is 9.68 Å². The van der Waals surface area contributed by atoms with Crippen LogP contribution in [-0.4, -0.2) is 12.3 Å². The minimum Gasteiger partial charge on any atom is -0.367 e. The van der Waals surface area contributed by atoms with Crippen LogP contribution in [0.4, 0.5) is 0 Å². The normalized spacial score (nSPS) is 15.5. The van der Waals surface area contributed by atoms with Crippen molar-refractivity contribution in [1.82, 2.24) is 5.23 Å². The topological polar surface area (TPSA) is 21.7 Å². The fraction of sp³-hybridized carbons (Fsp3) is 0.250. The minimum atomic E-state index is 0.776. The van der Waals surface area contributed by atoms with Crippen LogP contribution in [0.2, 0.25) is 0 Å². The van der Waals surface area contributed by atoms with E-state index in [0.717, 1.165) is 11.5 Å². The number of benzene rings is 1. The Hall–Kier alpha value is -1.22. The molecule has 0 unspecified atom stereocenters. The van der Waals surface area contributed by atoms with Crippen LogP contribution < -0.4 is 9.68 Å². The van der Waals surface area contributed by atoms with Crippen LogP contribution in [0.3, 0.4) is 0 Å². The fourth-order valence-corrected chi connectivity index (χ4v) is 1.06. The summed E-state index contributed by atoms with van der Waals surface area (Å²) in [6, 6.07) is 5.83. The van der Waals surface area contributed by atoms with Gasteiger partial charge in [-0.15, -0.1) is 0 Å². The van der Waals surface area contributed by atoms with Crippen LogP contribution in [0, 0.1) is 6.92 Å². The number of rotatable bonds is 0. The molecule has 0 spiro atoms. The third-order valence-corrected chi connectivity index (χ3v) is 1.55. The van der Waals surface area contributed by atoms with E-state index in [1.807, 2.05) is 25.1 Å². The molecule has 0 radical (unpaired) electrons. The largest absolute Gasteiger partial charge is 0.367 e. The van der Waals surface area contributed by atoms with Gasteiger partial charge in [0.1, 0.15) is 0 Å². The van der Waals surface area contributed by atoms with Gasteiger partial charge >= 0.3 is 0 Å². The van der Waals surface area contributed by atoms with E-state index in [0.29, 0.717) is 0 Å². The molecule has 3 heteroatoms. The van der Waals surface area contributed by atoms with Crippen LogP contribution in [0.15, 0.2) is 18.2 Å². The quantitative estimate of drug-likeness (QED) is 0.561. The van der Waals surface area contributed by atoms with Gasteiger partial charge in [0.05, 0.1) is 7.05 Å². The Morgan fingerprint density at radius 1 is 1.18 bits per heavy atom. The molecule has 1 aliphatic rings. The minimum absolute atomic E-state index is 0.776. The predicted octanol–water partition coefficient (Wildman–Crippen LogP) is 1.53. The lowest BCUT2D eigenvalue weighted by atomic mass is 10.2. The molecule has 1 aromatic carbocycles. The molecule has 0 N–H and O–H groups in total. The van der Waals surface area contributed by atoms with E-state index in [2.05, 4.69) is 0 Å². The average Bonchev–Trinajstić information content (AvgIpc) is 2.27. The van der Waals surface area contributed by atoms with Crippen LogP contribution in [-0.2, 0) is 0 Å². The second-order valence-electron chi connectivity index (χ2n) is 2.57. The van der Waals surface area contributed by atoms with E-state index >= 15 is 0 Å². The van der Waals surface area contributed by atoms with Crippen LogP contribution in [0.5, 0.6) is 11.5 Å². The van der Waals surface area contributed by atoms with Gasteiger partial charge < -0.3 is 9.68 Å². The highest BCUT2D eigenvalue weighted by molar-refractivity contribution is 5.43. The first kappa shape index (κ1) is 6.49. The van der Waals surface area contributed by atoms with E-state index in [1.54, 1.807) is 7.05 Å². The summed E-state index contributed by atoms with van der Waals surface area (Å²) < 4.78 is 0. The summed E-state index contributed by atoms with van der Waals surface area (Å²) in [5.41, 5.74) is 1.17. The maximum absolute atomic E-state index is 5.20. The highest BCUT2D eigenvalue weighted by Gasteiger charge is 2.18.